The molecule has 0 saturated carbocycles. The van der Waals surface area contributed by atoms with Gasteiger partial charge in [0.1, 0.15) is 12.1 Å². The highest BCUT2D eigenvalue weighted by atomic mass is 16.4. The van der Waals surface area contributed by atoms with Crippen molar-refractivity contribution in [1.29, 1.82) is 0 Å². The zero-order valence-corrected chi connectivity index (χ0v) is 11.4. The van der Waals surface area contributed by atoms with Crippen LogP contribution in [-0.4, -0.2) is 33.6 Å². The van der Waals surface area contributed by atoms with Gasteiger partial charge in [-0.2, -0.15) is 0 Å². The van der Waals surface area contributed by atoms with Gasteiger partial charge in [0.15, 0.2) is 0 Å². The molecule has 1 heterocycles. The van der Waals surface area contributed by atoms with E-state index in [0.717, 1.165) is 18.1 Å². The monoisotopic (exact) mass is 251 g/mol. The third-order valence-corrected chi connectivity index (χ3v) is 2.90. The Hall–Kier alpha value is -1.65. The summed E-state index contributed by atoms with van der Waals surface area (Å²) in [7, 11) is 0. The van der Waals surface area contributed by atoms with Gasteiger partial charge in [-0.1, -0.05) is 13.8 Å². The molecule has 1 aromatic heterocycles. The number of rotatable bonds is 6. The number of hydrogen-bond acceptors (Lipinski definition) is 4. The zero-order valence-electron chi connectivity index (χ0n) is 11.4. The predicted molar refractivity (Wildman–Crippen MR) is 70.9 cm³/mol. The second-order valence-electron chi connectivity index (χ2n) is 4.69. The molecule has 1 rings (SSSR count). The van der Waals surface area contributed by atoms with Crippen molar-refractivity contribution in [1.82, 2.24) is 9.97 Å². The number of carboxylic acids is 1. The SMILES string of the molecule is CCN(c1cc(C(C)C)ncn1)C(C)CC(=O)O. The Labute approximate surface area is 108 Å². The Kier molecular flexibility index (Phi) is 5.07. The minimum absolute atomic E-state index is 0.0811. The molecule has 1 unspecified atom stereocenters. The molecule has 0 aliphatic rings. The molecule has 5 nitrogen and oxygen atoms in total. The lowest BCUT2D eigenvalue weighted by Crippen LogP contribution is -2.35. The summed E-state index contributed by atoms with van der Waals surface area (Å²) in [6.07, 6.45) is 1.65. The highest BCUT2D eigenvalue weighted by Crippen LogP contribution is 2.19. The van der Waals surface area contributed by atoms with E-state index < -0.39 is 5.97 Å². The molecule has 0 amide bonds. The highest BCUT2D eigenvalue weighted by molar-refractivity contribution is 5.68. The Morgan fingerprint density at radius 2 is 2.06 bits per heavy atom. The van der Waals surface area contributed by atoms with Gasteiger partial charge in [0, 0.05) is 24.3 Å². The van der Waals surface area contributed by atoms with Crippen molar-refractivity contribution >= 4 is 11.8 Å². The number of anilines is 1. The maximum absolute atomic E-state index is 10.8. The lowest BCUT2D eigenvalue weighted by Gasteiger charge is -2.28. The van der Waals surface area contributed by atoms with E-state index in [1.54, 1.807) is 6.33 Å². The number of aromatic nitrogens is 2. The molecule has 0 saturated heterocycles. The van der Waals surface area contributed by atoms with Crippen molar-refractivity contribution in [3.63, 3.8) is 0 Å². The summed E-state index contributed by atoms with van der Waals surface area (Å²) >= 11 is 0. The normalized spacial score (nSPS) is 12.5. The molecule has 0 fully saturated rings. The summed E-state index contributed by atoms with van der Waals surface area (Å²) in [5, 5.41) is 8.86. The maximum Gasteiger partial charge on any atom is 0.305 e. The van der Waals surface area contributed by atoms with Crippen molar-refractivity contribution in [2.24, 2.45) is 0 Å². The number of carboxylic acid groups (broad SMARTS) is 1. The molecule has 1 N–H and O–H groups in total. The Morgan fingerprint density at radius 3 is 2.56 bits per heavy atom. The molecule has 1 atom stereocenters. The van der Waals surface area contributed by atoms with Crippen molar-refractivity contribution in [3.8, 4) is 0 Å². The van der Waals surface area contributed by atoms with E-state index in [9.17, 15) is 4.79 Å². The van der Waals surface area contributed by atoms with Gasteiger partial charge in [0.05, 0.1) is 6.42 Å². The first kappa shape index (κ1) is 14.4. The van der Waals surface area contributed by atoms with E-state index >= 15 is 0 Å². The summed E-state index contributed by atoms with van der Waals surface area (Å²) in [5.41, 5.74) is 0.973. The minimum Gasteiger partial charge on any atom is -0.481 e. The average Bonchev–Trinajstić information content (AvgIpc) is 2.29. The van der Waals surface area contributed by atoms with Crippen LogP contribution in [0.5, 0.6) is 0 Å². The first-order chi connectivity index (χ1) is 8.45. The third-order valence-electron chi connectivity index (χ3n) is 2.90. The highest BCUT2D eigenvalue weighted by Gasteiger charge is 2.17. The van der Waals surface area contributed by atoms with E-state index in [1.165, 1.54) is 0 Å². The summed E-state index contributed by atoms with van der Waals surface area (Å²) < 4.78 is 0. The van der Waals surface area contributed by atoms with Crippen molar-refractivity contribution in [2.45, 2.75) is 46.1 Å². The largest absolute Gasteiger partial charge is 0.481 e. The number of nitrogens with zero attached hydrogens (tertiary/aromatic N) is 3. The molecule has 1 aromatic rings. The van der Waals surface area contributed by atoms with Gasteiger partial charge in [0.2, 0.25) is 0 Å². The molecular formula is C13H21N3O2. The molecule has 0 aliphatic carbocycles. The third kappa shape index (κ3) is 3.68. The Morgan fingerprint density at radius 1 is 1.39 bits per heavy atom. The van der Waals surface area contributed by atoms with Gasteiger partial charge in [-0.15, -0.1) is 0 Å². The van der Waals surface area contributed by atoms with E-state index in [-0.39, 0.29) is 12.5 Å². The van der Waals surface area contributed by atoms with Crippen molar-refractivity contribution in [2.75, 3.05) is 11.4 Å². The number of carbonyl (C=O) groups is 1. The molecule has 0 aliphatic heterocycles. The van der Waals surface area contributed by atoms with Crippen molar-refractivity contribution < 1.29 is 9.90 Å². The van der Waals surface area contributed by atoms with Crippen LogP contribution in [0.4, 0.5) is 5.82 Å². The summed E-state index contributed by atoms with van der Waals surface area (Å²) in [6.45, 7) is 8.76. The lowest BCUT2D eigenvalue weighted by atomic mass is 10.1. The van der Waals surface area contributed by atoms with Gasteiger partial charge >= 0.3 is 5.97 Å². The first-order valence-corrected chi connectivity index (χ1v) is 6.26. The molecule has 100 valence electrons. The van der Waals surface area contributed by atoms with Crippen LogP contribution < -0.4 is 4.90 Å². The molecule has 0 bridgehead atoms. The van der Waals surface area contributed by atoms with Crippen LogP contribution in [0.25, 0.3) is 0 Å². The molecular weight excluding hydrogens is 230 g/mol. The fourth-order valence-electron chi connectivity index (χ4n) is 1.90. The second kappa shape index (κ2) is 6.33. The summed E-state index contributed by atoms with van der Waals surface area (Å²) in [4.78, 5) is 21.2. The fraction of sp³-hybridized carbons (Fsp3) is 0.615. The van der Waals surface area contributed by atoms with Crippen LogP contribution in [0, 0.1) is 0 Å². The average molecular weight is 251 g/mol. The van der Waals surface area contributed by atoms with Crippen molar-refractivity contribution in [3.05, 3.63) is 18.1 Å². The van der Waals surface area contributed by atoms with Crippen LogP contribution in [0.15, 0.2) is 12.4 Å². The standard InChI is InChI=1S/C13H21N3O2/c1-5-16(10(4)6-13(17)18)12-7-11(9(2)3)14-8-15-12/h7-10H,5-6H2,1-4H3,(H,17,18). The summed E-state index contributed by atoms with van der Waals surface area (Å²) in [6, 6.07) is 1.86. The Bertz CT molecular complexity index is 407. The molecule has 5 heteroatoms. The minimum atomic E-state index is -0.793. The predicted octanol–water partition coefficient (Wildman–Crippen LogP) is 2.29. The van der Waals surface area contributed by atoms with Gasteiger partial charge in [-0.25, -0.2) is 9.97 Å². The van der Waals surface area contributed by atoms with E-state index in [1.807, 2.05) is 24.8 Å². The van der Waals surface area contributed by atoms with E-state index in [2.05, 4.69) is 23.8 Å². The number of hydrogen-bond donors (Lipinski definition) is 1. The van der Waals surface area contributed by atoms with Crippen LogP contribution in [0.3, 0.4) is 0 Å². The van der Waals surface area contributed by atoms with Gasteiger partial charge in [0.25, 0.3) is 0 Å². The topological polar surface area (TPSA) is 66.3 Å². The van der Waals surface area contributed by atoms with Crippen LogP contribution >= 0.6 is 0 Å². The summed E-state index contributed by atoms with van der Waals surface area (Å²) in [5.74, 6) is 0.337. The first-order valence-electron chi connectivity index (χ1n) is 6.26. The fourth-order valence-corrected chi connectivity index (χ4v) is 1.90. The van der Waals surface area contributed by atoms with Crippen LogP contribution in [0.1, 0.15) is 45.7 Å². The molecule has 0 spiro atoms. The van der Waals surface area contributed by atoms with E-state index in [4.69, 9.17) is 5.11 Å². The smallest absolute Gasteiger partial charge is 0.305 e. The molecule has 0 aromatic carbocycles. The molecule has 18 heavy (non-hydrogen) atoms. The number of aliphatic carboxylic acids is 1. The van der Waals surface area contributed by atoms with Gasteiger partial charge in [-0.05, 0) is 19.8 Å². The van der Waals surface area contributed by atoms with E-state index in [0.29, 0.717) is 5.92 Å². The van der Waals surface area contributed by atoms with Crippen LogP contribution in [-0.2, 0) is 4.79 Å². The van der Waals surface area contributed by atoms with Gasteiger partial charge < -0.3 is 10.0 Å². The van der Waals surface area contributed by atoms with Gasteiger partial charge in [-0.3, -0.25) is 4.79 Å². The molecule has 0 radical (unpaired) electrons. The second-order valence-corrected chi connectivity index (χ2v) is 4.69. The Balaban J connectivity index is 2.94. The quantitative estimate of drug-likeness (QED) is 0.840. The van der Waals surface area contributed by atoms with Crippen LogP contribution in [0.2, 0.25) is 0 Å². The zero-order chi connectivity index (χ0) is 13.7. The lowest BCUT2D eigenvalue weighted by molar-refractivity contribution is -0.137. The maximum atomic E-state index is 10.8.